The van der Waals surface area contributed by atoms with Crippen LogP contribution in [0.1, 0.15) is 30.9 Å². The largest absolute Gasteiger partial charge is 0.445 e. The Morgan fingerprint density at radius 1 is 1.12 bits per heavy atom. The van der Waals surface area contributed by atoms with Gasteiger partial charge in [-0.2, -0.15) is 13.2 Å². The number of ether oxygens (including phenoxy) is 1. The molecular weight excluding hydrogens is 321 g/mol. The summed E-state index contributed by atoms with van der Waals surface area (Å²) in [5, 5.41) is 0. The number of halogens is 3. The maximum Gasteiger partial charge on any atom is 0.416 e. The molecule has 1 aliphatic heterocycles. The summed E-state index contributed by atoms with van der Waals surface area (Å²) in [5.74, 6) is 0. The first kappa shape index (κ1) is 18.6. The van der Waals surface area contributed by atoms with E-state index in [1.54, 1.807) is 4.90 Å². The van der Waals surface area contributed by atoms with Crippen molar-refractivity contribution in [3.63, 3.8) is 0 Å². The Morgan fingerprint density at radius 2 is 1.75 bits per heavy atom. The number of unbranched alkanes of at least 4 members (excludes halogenated alkanes) is 1. The summed E-state index contributed by atoms with van der Waals surface area (Å²) in [4.78, 5) is 16.0. The molecule has 0 aromatic heterocycles. The fraction of sp³-hybridized carbons (Fsp3) is 0.588. The summed E-state index contributed by atoms with van der Waals surface area (Å²) < 4.78 is 42.7. The molecule has 0 bridgehead atoms. The normalized spacial score (nSPS) is 16.2. The van der Waals surface area contributed by atoms with Crippen LogP contribution in [0.4, 0.5) is 18.0 Å². The summed E-state index contributed by atoms with van der Waals surface area (Å²) in [6, 6.07) is 4.66. The highest BCUT2D eigenvalue weighted by Gasteiger charge is 2.30. The molecule has 2 rings (SSSR count). The number of amides is 1. The molecule has 0 spiro atoms. The highest BCUT2D eigenvalue weighted by molar-refractivity contribution is 5.67. The molecular formula is C17H23F3N2O2. The summed E-state index contributed by atoms with van der Waals surface area (Å²) >= 11 is 0. The highest BCUT2D eigenvalue weighted by atomic mass is 19.4. The van der Waals surface area contributed by atoms with Crippen molar-refractivity contribution in [2.75, 3.05) is 32.7 Å². The van der Waals surface area contributed by atoms with Gasteiger partial charge in [-0.3, -0.25) is 4.90 Å². The van der Waals surface area contributed by atoms with E-state index in [1.165, 1.54) is 12.1 Å². The van der Waals surface area contributed by atoms with E-state index in [2.05, 4.69) is 11.8 Å². The molecule has 134 valence electrons. The van der Waals surface area contributed by atoms with Crippen molar-refractivity contribution in [3.8, 4) is 0 Å². The Labute approximate surface area is 140 Å². The second-order valence-corrected chi connectivity index (χ2v) is 5.93. The minimum atomic E-state index is -4.35. The SMILES string of the molecule is CCCCN1CCN(C(=O)OCc2ccc(C(F)(F)F)cc2)CC1. The third-order valence-electron chi connectivity index (χ3n) is 4.10. The van der Waals surface area contributed by atoms with Crippen LogP contribution in [0.25, 0.3) is 0 Å². The summed E-state index contributed by atoms with van der Waals surface area (Å²) in [5.41, 5.74) is -0.168. The van der Waals surface area contributed by atoms with E-state index in [0.717, 1.165) is 44.6 Å². The number of alkyl halides is 3. The average molecular weight is 344 g/mol. The lowest BCUT2D eigenvalue weighted by atomic mass is 10.1. The smallest absolute Gasteiger partial charge is 0.416 e. The number of nitrogens with zero attached hydrogens (tertiary/aromatic N) is 2. The summed E-state index contributed by atoms with van der Waals surface area (Å²) in [6.07, 6.45) is -2.47. The molecule has 0 unspecified atom stereocenters. The van der Waals surface area contributed by atoms with Crippen molar-refractivity contribution in [1.29, 1.82) is 0 Å². The molecule has 4 nitrogen and oxygen atoms in total. The van der Waals surface area contributed by atoms with E-state index in [1.807, 2.05) is 0 Å². The van der Waals surface area contributed by atoms with Crippen LogP contribution in [0.3, 0.4) is 0 Å². The fourth-order valence-electron chi connectivity index (χ4n) is 2.56. The van der Waals surface area contributed by atoms with Gasteiger partial charge in [0.15, 0.2) is 0 Å². The third kappa shape index (κ3) is 5.40. The van der Waals surface area contributed by atoms with Gasteiger partial charge in [-0.25, -0.2) is 4.79 Å². The topological polar surface area (TPSA) is 32.8 Å². The number of rotatable bonds is 5. The first-order valence-electron chi connectivity index (χ1n) is 8.20. The van der Waals surface area contributed by atoms with Crippen LogP contribution in [0.2, 0.25) is 0 Å². The molecule has 0 saturated carbocycles. The van der Waals surface area contributed by atoms with Gasteiger partial charge in [0, 0.05) is 26.2 Å². The Morgan fingerprint density at radius 3 is 2.29 bits per heavy atom. The zero-order chi connectivity index (χ0) is 17.6. The standard InChI is InChI=1S/C17H23F3N2O2/c1-2-3-8-21-9-11-22(12-10-21)16(23)24-13-14-4-6-15(7-5-14)17(18,19)20/h4-7H,2-3,8-13H2,1H3. The van der Waals surface area contributed by atoms with Crippen LogP contribution in [0.5, 0.6) is 0 Å². The second-order valence-electron chi connectivity index (χ2n) is 5.93. The van der Waals surface area contributed by atoms with Crippen LogP contribution in [-0.2, 0) is 17.5 Å². The molecule has 0 aliphatic carbocycles. The van der Waals surface area contributed by atoms with Gasteiger partial charge < -0.3 is 9.64 Å². The van der Waals surface area contributed by atoms with Crippen molar-refractivity contribution in [2.45, 2.75) is 32.5 Å². The molecule has 0 atom stereocenters. The molecule has 1 aliphatic rings. The maximum atomic E-state index is 12.5. The molecule has 24 heavy (non-hydrogen) atoms. The minimum Gasteiger partial charge on any atom is -0.445 e. The van der Waals surface area contributed by atoms with Gasteiger partial charge in [0.1, 0.15) is 6.61 Å². The lowest BCUT2D eigenvalue weighted by Gasteiger charge is -2.34. The van der Waals surface area contributed by atoms with Gasteiger partial charge in [0.2, 0.25) is 0 Å². The molecule has 1 aromatic carbocycles. The van der Waals surface area contributed by atoms with Crippen LogP contribution >= 0.6 is 0 Å². The maximum absolute atomic E-state index is 12.5. The van der Waals surface area contributed by atoms with E-state index in [4.69, 9.17) is 4.74 Å². The summed E-state index contributed by atoms with van der Waals surface area (Å²) in [6.45, 7) is 6.07. The van der Waals surface area contributed by atoms with Crippen molar-refractivity contribution in [1.82, 2.24) is 9.80 Å². The van der Waals surface area contributed by atoms with Gasteiger partial charge >= 0.3 is 12.3 Å². The molecule has 1 amide bonds. The van der Waals surface area contributed by atoms with Crippen LogP contribution in [0.15, 0.2) is 24.3 Å². The molecule has 1 fully saturated rings. The fourth-order valence-corrected chi connectivity index (χ4v) is 2.56. The Balaban J connectivity index is 1.75. The van der Waals surface area contributed by atoms with Crippen molar-refractivity contribution in [2.24, 2.45) is 0 Å². The Hall–Kier alpha value is -1.76. The molecule has 1 aromatic rings. The Bertz CT molecular complexity index is 524. The highest BCUT2D eigenvalue weighted by Crippen LogP contribution is 2.29. The zero-order valence-electron chi connectivity index (χ0n) is 13.8. The van der Waals surface area contributed by atoms with Crippen molar-refractivity contribution >= 4 is 6.09 Å². The van der Waals surface area contributed by atoms with Gasteiger partial charge in [-0.15, -0.1) is 0 Å². The van der Waals surface area contributed by atoms with Crippen LogP contribution in [-0.4, -0.2) is 48.6 Å². The van der Waals surface area contributed by atoms with Crippen LogP contribution < -0.4 is 0 Å². The van der Waals surface area contributed by atoms with Gasteiger partial charge in [-0.05, 0) is 30.7 Å². The molecule has 7 heteroatoms. The average Bonchev–Trinajstić information content (AvgIpc) is 2.58. The predicted octanol–water partition coefficient (Wildman–Crippen LogP) is 3.76. The molecule has 1 saturated heterocycles. The predicted molar refractivity (Wildman–Crippen MR) is 84.6 cm³/mol. The number of benzene rings is 1. The van der Waals surface area contributed by atoms with Gasteiger partial charge in [0.05, 0.1) is 5.56 Å². The van der Waals surface area contributed by atoms with E-state index >= 15 is 0 Å². The minimum absolute atomic E-state index is 0.0208. The second kappa shape index (κ2) is 8.37. The quantitative estimate of drug-likeness (QED) is 0.815. The van der Waals surface area contributed by atoms with E-state index < -0.39 is 17.8 Å². The number of piperazine rings is 1. The van der Waals surface area contributed by atoms with Crippen molar-refractivity contribution < 1.29 is 22.7 Å². The van der Waals surface area contributed by atoms with E-state index in [-0.39, 0.29) is 6.61 Å². The van der Waals surface area contributed by atoms with Gasteiger partial charge in [-0.1, -0.05) is 25.5 Å². The number of hydrogen-bond acceptors (Lipinski definition) is 3. The van der Waals surface area contributed by atoms with E-state index in [0.29, 0.717) is 18.7 Å². The van der Waals surface area contributed by atoms with Crippen LogP contribution in [0, 0.1) is 0 Å². The first-order chi connectivity index (χ1) is 11.4. The molecule has 0 radical (unpaired) electrons. The summed E-state index contributed by atoms with van der Waals surface area (Å²) in [7, 11) is 0. The Kier molecular flexibility index (Phi) is 6.48. The molecule has 1 heterocycles. The lowest BCUT2D eigenvalue weighted by molar-refractivity contribution is -0.137. The zero-order valence-corrected chi connectivity index (χ0v) is 13.8. The number of carbonyl (C=O) groups is 1. The molecule has 0 N–H and O–H groups in total. The van der Waals surface area contributed by atoms with E-state index in [9.17, 15) is 18.0 Å². The number of hydrogen-bond donors (Lipinski definition) is 0. The van der Waals surface area contributed by atoms with Crippen molar-refractivity contribution in [3.05, 3.63) is 35.4 Å². The van der Waals surface area contributed by atoms with Gasteiger partial charge in [0.25, 0.3) is 0 Å². The first-order valence-corrected chi connectivity index (χ1v) is 8.20. The lowest BCUT2D eigenvalue weighted by Crippen LogP contribution is -2.48. The third-order valence-corrected chi connectivity index (χ3v) is 4.10. The monoisotopic (exact) mass is 344 g/mol. The number of carbonyl (C=O) groups excluding carboxylic acids is 1.